The molecule has 0 bridgehead atoms. The van der Waals surface area contributed by atoms with Gasteiger partial charge in [-0.05, 0) is 27.2 Å². The standard InChI is InChI=1S/C14H28N4O2/c1-14(2,3)17-12(19)8-16-13(15-4)18-7-6-11(9-18)10-20-5/h11H,6-10H2,1-5H3,(H,15,16)(H,17,19). The lowest BCUT2D eigenvalue weighted by molar-refractivity contribution is -0.121. The summed E-state index contributed by atoms with van der Waals surface area (Å²) in [6.45, 7) is 8.80. The summed E-state index contributed by atoms with van der Waals surface area (Å²) >= 11 is 0. The third kappa shape index (κ3) is 5.77. The Labute approximate surface area is 122 Å². The molecule has 116 valence electrons. The normalized spacial score (nSPS) is 20.1. The number of likely N-dealkylation sites (tertiary alicyclic amines) is 1. The number of nitrogens with one attached hydrogen (secondary N) is 2. The number of nitrogens with zero attached hydrogens (tertiary/aromatic N) is 2. The van der Waals surface area contributed by atoms with Gasteiger partial charge in [-0.15, -0.1) is 0 Å². The summed E-state index contributed by atoms with van der Waals surface area (Å²) in [6.07, 6.45) is 1.10. The van der Waals surface area contributed by atoms with Crippen LogP contribution >= 0.6 is 0 Å². The van der Waals surface area contributed by atoms with E-state index in [0.717, 1.165) is 32.1 Å². The molecule has 1 amide bonds. The SMILES string of the molecule is CN=C(NCC(=O)NC(C)(C)C)N1CCC(COC)C1. The van der Waals surface area contributed by atoms with E-state index in [1.165, 1.54) is 0 Å². The van der Waals surface area contributed by atoms with Crippen molar-refractivity contribution < 1.29 is 9.53 Å². The van der Waals surface area contributed by atoms with Gasteiger partial charge in [-0.3, -0.25) is 9.79 Å². The first-order chi connectivity index (χ1) is 9.35. The maximum Gasteiger partial charge on any atom is 0.239 e. The van der Waals surface area contributed by atoms with E-state index in [1.54, 1.807) is 14.2 Å². The second-order valence-corrected chi connectivity index (χ2v) is 6.26. The van der Waals surface area contributed by atoms with E-state index < -0.39 is 0 Å². The Morgan fingerprint density at radius 1 is 1.45 bits per heavy atom. The van der Waals surface area contributed by atoms with E-state index in [9.17, 15) is 4.79 Å². The fourth-order valence-corrected chi connectivity index (χ4v) is 2.35. The minimum absolute atomic E-state index is 0.0220. The topological polar surface area (TPSA) is 66.0 Å². The average Bonchev–Trinajstić information content (AvgIpc) is 2.77. The molecular weight excluding hydrogens is 256 g/mol. The number of carbonyl (C=O) groups is 1. The highest BCUT2D eigenvalue weighted by atomic mass is 16.5. The zero-order valence-corrected chi connectivity index (χ0v) is 13.3. The van der Waals surface area contributed by atoms with Crippen molar-refractivity contribution in [3.8, 4) is 0 Å². The summed E-state index contributed by atoms with van der Waals surface area (Å²) in [5.41, 5.74) is -0.209. The first-order valence-corrected chi connectivity index (χ1v) is 7.11. The molecule has 20 heavy (non-hydrogen) atoms. The molecule has 0 aromatic heterocycles. The Morgan fingerprint density at radius 2 is 2.15 bits per heavy atom. The van der Waals surface area contributed by atoms with E-state index in [4.69, 9.17) is 4.74 Å². The molecule has 0 spiro atoms. The molecule has 1 heterocycles. The molecule has 6 heteroatoms. The Bertz CT molecular complexity index is 350. The molecule has 1 atom stereocenters. The monoisotopic (exact) mass is 284 g/mol. The first-order valence-electron chi connectivity index (χ1n) is 7.11. The maximum atomic E-state index is 11.8. The van der Waals surface area contributed by atoms with Crippen LogP contribution in [0.1, 0.15) is 27.2 Å². The highest BCUT2D eigenvalue weighted by molar-refractivity contribution is 5.86. The van der Waals surface area contributed by atoms with Gasteiger partial charge in [-0.2, -0.15) is 0 Å². The highest BCUT2D eigenvalue weighted by Gasteiger charge is 2.25. The van der Waals surface area contributed by atoms with Crippen LogP contribution in [0.3, 0.4) is 0 Å². The van der Waals surface area contributed by atoms with Crippen molar-refractivity contribution in [1.82, 2.24) is 15.5 Å². The van der Waals surface area contributed by atoms with Gasteiger partial charge in [0.15, 0.2) is 5.96 Å². The largest absolute Gasteiger partial charge is 0.384 e. The maximum absolute atomic E-state index is 11.8. The molecule has 1 aliphatic rings. The lowest BCUT2D eigenvalue weighted by Crippen LogP contribution is -2.48. The lowest BCUT2D eigenvalue weighted by atomic mass is 10.1. The molecule has 1 saturated heterocycles. The quantitative estimate of drug-likeness (QED) is 0.581. The van der Waals surface area contributed by atoms with Crippen LogP contribution in [0.25, 0.3) is 0 Å². The van der Waals surface area contributed by atoms with Crippen molar-refractivity contribution in [2.24, 2.45) is 10.9 Å². The summed E-state index contributed by atoms with van der Waals surface area (Å²) in [7, 11) is 3.47. The third-order valence-electron chi connectivity index (χ3n) is 3.12. The molecule has 0 aromatic carbocycles. The number of rotatable bonds is 4. The van der Waals surface area contributed by atoms with Gasteiger partial charge in [0.25, 0.3) is 0 Å². The fraction of sp³-hybridized carbons (Fsp3) is 0.857. The summed E-state index contributed by atoms with van der Waals surface area (Å²) < 4.78 is 5.19. The van der Waals surface area contributed by atoms with E-state index >= 15 is 0 Å². The van der Waals surface area contributed by atoms with Gasteiger partial charge < -0.3 is 20.3 Å². The van der Waals surface area contributed by atoms with E-state index in [1.807, 2.05) is 20.8 Å². The zero-order valence-electron chi connectivity index (χ0n) is 13.3. The summed E-state index contributed by atoms with van der Waals surface area (Å²) in [5.74, 6) is 1.31. The molecule has 0 aliphatic carbocycles. The van der Waals surface area contributed by atoms with Crippen LogP contribution < -0.4 is 10.6 Å². The number of amides is 1. The van der Waals surface area contributed by atoms with Gasteiger partial charge in [0.05, 0.1) is 13.2 Å². The second kappa shape index (κ2) is 7.47. The van der Waals surface area contributed by atoms with E-state index in [2.05, 4.69) is 20.5 Å². The van der Waals surface area contributed by atoms with Crippen molar-refractivity contribution in [3.05, 3.63) is 0 Å². The van der Waals surface area contributed by atoms with Crippen molar-refractivity contribution in [2.75, 3.05) is 40.4 Å². The number of guanidine groups is 1. The molecule has 1 aliphatic heterocycles. The summed E-state index contributed by atoms with van der Waals surface area (Å²) in [5, 5.41) is 6.04. The molecule has 1 rings (SSSR count). The summed E-state index contributed by atoms with van der Waals surface area (Å²) in [4.78, 5) is 18.2. The Balaban J connectivity index is 2.40. The van der Waals surface area contributed by atoms with Crippen LogP contribution in [0.4, 0.5) is 0 Å². The van der Waals surface area contributed by atoms with Crippen LogP contribution in [0.15, 0.2) is 4.99 Å². The average molecular weight is 284 g/mol. The molecule has 2 N–H and O–H groups in total. The molecule has 0 radical (unpaired) electrons. The Hall–Kier alpha value is -1.30. The number of hydrogen-bond acceptors (Lipinski definition) is 3. The van der Waals surface area contributed by atoms with Gasteiger partial charge in [0.2, 0.25) is 5.91 Å². The van der Waals surface area contributed by atoms with Crippen molar-refractivity contribution >= 4 is 11.9 Å². The molecule has 1 fully saturated rings. The fourth-order valence-electron chi connectivity index (χ4n) is 2.35. The molecule has 0 saturated carbocycles. The smallest absolute Gasteiger partial charge is 0.239 e. The van der Waals surface area contributed by atoms with Crippen LogP contribution in [-0.4, -0.2) is 62.7 Å². The molecular formula is C14H28N4O2. The zero-order chi connectivity index (χ0) is 15.2. The minimum Gasteiger partial charge on any atom is -0.384 e. The Morgan fingerprint density at radius 3 is 2.70 bits per heavy atom. The number of ether oxygens (including phenoxy) is 1. The van der Waals surface area contributed by atoms with Crippen LogP contribution in [-0.2, 0) is 9.53 Å². The van der Waals surface area contributed by atoms with Gasteiger partial charge in [-0.25, -0.2) is 0 Å². The molecule has 1 unspecified atom stereocenters. The molecule has 0 aromatic rings. The van der Waals surface area contributed by atoms with Crippen molar-refractivity contribution in [1.29, 1.82) is 0 Å². The van der Waals surface area contributed by atoms with Crippen LogP contribution in [0.2, 0.25) is 0 Å². The summed E-state index contributed by atoms with van der Waals surface area (Å²) in [6, 6.07) is 0. The highest BCUT2D eigenvalue weighted by Crippen LogP contribution is 2.16. The predicted octanol–water partition coefficient (Wildman–Crippen LogP) is 0.445. The van der Waals surface area contributed by atoms with Crippen LogP contribution in [0.5, 0.6) is 0 Å². The van der Waals surface area contributed by atoms with Gasteiger partial charge in [0.1, 0.15) is 0 Å². The van der Waals surface area contributed by atoms with E-state index in [0.29, 0.717) is 5.92 Å². The number of carbonyl (C=O) groups excluding carboxylic acids is 1. The number of methoxy groups -OCH3 is 1. The van der Waals surface area contributed by atoms with Gasteiger partial charge in [-0.1, -0.05) is 0 Å². The van der Waals surface area contributed by atoms with Gasteiger partial charge in [0, 0.05) is 38.7 Å². The molecule has 6 nitrogen and oxygen atoms in total. The van der Waals surface area contributed by atoms with Crippen LogP contribution in [0, 0.1) is 5.92 Å². The van der Waals surface area contributed by atoms with E-state index in [-0.39, 0.29) is 18.0 Å². The lowest BCUT2D eigenvalue weighted by Gasteiger charge is -2.24. The van der Waals surface area contributed by atoms with Gasteiger partial charge >= 0.3 is 0 Å². The third-order valence-corrected chi connectivity index (χ3v) is 3.12. The Kier molecular flexibility index (Phi) is 6.26. The minimum atomic E-state index is -0.209. The second-order valence-electron chi connectivity index (χ2n) is 6.26. The number of aliphatic imine (C=N–C) groups is 1. The number of hydrogen-bond donors (Lipinski definition) is 2. The first kappa shape index (κ1) is 16.8. The van der Waals surface area contributed by atoms with Crippen molar-refractivity contribution in [2.45, 2.75) is 32.7 Å². The predicted molar refractivity (Wildman–Crippen MR) is 80.8 cm³/mol. The van der Waals surface area contributed by atoms with Crippen molar-refractivity contribution in [3.63, 3.8) is 0 Å².